The molecule has 0 bridgehead atoms. The van der Waals surface area contributed by atoms with Crippen LogP contribution >= 0.6 is 0 Å². The Bertz CT molecular complexity index is 645. The number of anilines is 1. The average molecular weight is 407 g/mol. The molecule has 2 rings (SSSR count). The average Bonchev–Trinajstić information content (AvgIpc) is 2.64. The van der Waals surface area contributed by atoms with Gasteiger partial charge in [0, 0.05) is 45.0 Å². The topological polar surface area (TPSA) is 55.9 Å². The van der Waals surface area contributed by atoms with E-state index in [1.54, 1.807) is 12.1 Å². The zero-order valence-electron chi connectivity index (χ0n) is 18.2. The Morgan fingerprint density at radius 2 is 1.41 bits per heavy atom. The van der Waals surface area contributed by atoms with E-state index >= 15 is 0 Å². The number of piperazine rings is 1. The van der Waals surface area contributed by atoms with Crippen molar-refractivity contribution in [2.75, 3.05) is 57.7 Å². The maximum Gasteiger partial charge on any atom is 0.238 e. The summed E-state index contributed by atoms with van der Waals surface area (Å²) in [4.78, 5) is 31.2. The molecule has 1 saturated heterocycles. The highest BCUT2D eigenvalue weighted by Gasteiger charge is 2.23. The molecular formula is C22H35FN4O2. The van der Waals surface area contributed by atoms with Crippen LogP contribution in [0.5, 0.6) is 0 Å². The minimum absolute atomic E-state index is 0.110. The van der Waals surface area contributed by atoms with Gasteiger partial charge in [0.05, 0.1) is 13.1 Å². The van der Waals surface area contributed by atoms with Crippen molar-refractivity contribution in [3.05, 3.63) is 30.1 Å². The third-order valence-electron chi connectivity index (χ3n) is 4.84. The van der Waals surface area contributed by atoms with Gasteiger partial charge in [0.2, 0.25) is 11.8 Å². The molecule has 0 saturated carbocycles. The quantitative estimate of drug-likeness (QED) is 0.685. The highest BCUT2D eigenvalue weighted by atomic mass is 19.1. The molecule has 2 amide bonds. The summed E-state index contributed by atoms with van der Waals surface area (Å²) < 4.78 is 12.9. The molecule has 6 nitrogen and oxygen atoms in total. The number of rotatable bonds is 9. The second kappa shape index (κ2) is 11.3. The van der Waals surface area contributed by atoms with Gasteiger partial charge in [0.25, 0.3) is 0 Å². The van der Waals surface area contributed by atoms with Crippen molar-refractivity contribution < 1.29 is 14.0 Å². The summed E-state index contributed by atoms with van der Waals surface area (Å²) >= 11 is 0. The van der Waals surface area contributed by atoms with Crippen LogP contribution in [0.25, 0.3) is 0 Å². The molecule has 1 fully saturated rings. The van der Waals surface area contributed by atoms with Crippen LogP contribution in [-0.4, -0.2) is 78.9 Å². The smallest absolute Gasteiger partial charge is 0.238 e. The van der Waals surface area contributed by atoms with E-state index in [-0.39, 0.29) is 17.6 Å². The summed E-state index contributed by atoms with van der Waals surface area (Å²) in [7, 11) is 0. The Morgan fingerprint density at radius 1 is 0.931 bits per heavy atom. The normalized spacial score (nSPS) is 15.7. The number of benzene rings is 1. The van der Waals surface area contributed by atoms with E-state index in [1.807, 2.05) is 4.90 Å². The van der Waals surface area contributed by atoms with Crippen LogP contribution in [0.15, 0.2) is 24.3 Å². The van der Waals surface area contributed by atoms with E-state index in [4.69, 9.17) is 0 Å². The first-order valence-corrected chi connectivity index (χ1v) is 10.5. The summed E-state index contributed by atoms with van der Waals surface area (Å²) in [5, 5.41) is 2.79. The molecule has 162 valence electrons. The van der Waals surface area contributed by atoms with Crippen molar-refractivity contribution in [3.8, 4) is 0 Å². The number of nitrogens with one attached hydrogen (secondary N) is 1. The van der Waals surface area contributed by atoms with Crippen LogP contribution < -0.4 is 5.32 Å². The molecule has 1 N–H and O–H groups in total. The molecule has 1 heterocycles. The Balaban J connectivity index is 1.75. The first-order chi connectivity index (χ1) is 13.7. The lowest BCUT2D eigenvalue weighted by Gasteiger charge is -2.35. The number of hydrogen-bond acceptors (Lipinski definition) is 4. The van der Waals surface area contributed by atoms with Crippen molar-refractivity contribution in [2.45, 2.75) is 27.7 Å². The number of amides is 2. The van der Waals surface area contributed by atoms with Crippen molar-refractivity contribution in [2.24, 2.45) is 11.8 Å². The summed E-state index contributed by atoms with van der Waals surface area (Å²) in [6, 6.07) is 5.76. The van der Waals surface area contributed by atoms with Crippen LogP contribution in [0.2, 0.25) is 0 Å². The van der Waals surface area contributed by atoms with E-state index in [0.717, 1.165) is 39.3 Å². The van der Waals surface area contributed by atoms with Gasteiger partial charge in [-0.25, -0.2) is 4.39 Å². The Labute approximate surface area is 174 Å². The van der Waals surface area contributed by atoms with Gasteiger partial charge in [-0.05, 0) is 36.1 Å². The third-order valence-corrected chi connectivity index (χ3v) is 4.84. The van der Waals surface area contributed by atoms with Gasteiger partial charge in [0.1, 0.15) is 5.82 Å². The lowest BCUT2D eigenvalue weighted by Crippen LogP contribution is -2.52. The van der Waals surface area contributed by atoms with Crippen molar-refractivity contribution >= 4 is 17.5 Å². The molecule has 1 aliphatic rings. The molecule has 1 aliphatic heterocycles. The van der Waals surface area contributed by atoms with Crippen LogP contribution in [0.1, 0.15) is 27.7 Å². The fourth-order valence-electron chi connectivity index (χ4n) is 3.49. The Hall–Kier alpha value is -1.99. The molecule has 0 spiro atoms. The monoisotopic (exact) mass is 406 g/mol. The van der Waals surface area contributed by atoms with Gasteiger partial charge in [-0.1, -0.05) is 27.7 Å². The predicted molar refractivity (Wildman–Crippen MR) is 114 cm³/mol. The second-order valence-corrected chi connectivity index (χ2v) is 8.69. The molecule has 7 heteroatoms. The summed E-state index contributed by atoms with van der Waals surface area (Å²) in [5.41, 5.74) is 0.594. The predicted octanol–water partition coefficient (Wildman–Crippen LogP) is 2.52. The Kier molecular flexibility index (Phi) is 9.04. The zero-order valence-corrected chi connectivity index (χ0v) is 18.2. The van der Waals surface area contributed by atoms with Crippen molar-refractivity contribution in [1.29, 1.82) is 0 Å². The minimum Gasteiger partial charge on any atom is -0.341 e. The standard InChI is InChI=1S/C22H35FN4O2/c1-17(2)13-27(14-18(3)4)22(29)16-26-11-9-25(10-12-26)15-21(28)24-20-7-5-19(23)6-8-20/h5-8,17-18H,9-16H2,1-4H3,(H,24,28). The summed E-state index contributed by atoms with van der Waals surface area (Å²) in [6.45, 7) is 13.9. The summed E-state index contributed by atoms with van der Waals surface area (Å²) in [5.74, 6) is 0.661. The zero-order chi connectivity index (χ0) is 21.4. The molecule has 1 aromatic carbocycles. The van der Waals surface area contributed by atoms with Gasteiger partial charge in [0.15, 0.2) is 0 Å². The molecule has 0 radical (unpaired) electrons. The van der Waals surface area contributed by atoms with Crippen molar-refractivity contribution in [1.82, 2.24) is 14.7 Å². The highest BCUT2D eigenvalue weighted by molar-refractivity contribution is 5.92. The largest absolute Gasteiger partial charge is 0.341 e. The molecule has 29 heavy (non-hydrogen) atoms. The van der Waals surface area contributed by atoms with E-state index in [0.29, 0.717) is 30.6 Å². The first kappa shape index (κ1) is 23.3. The SMILES string of the molecule is CC(C)CN(CC(C)C)C(=O)CN1CCN(CC(=O)Nc2ccc(F)cc2)CC1. The maximum atomic E-state index is 12.9. The highest BCUT2D eigenvalue weighted by Crippen LogP contribution is 2.10. The fraction of sp³-hybridized carbons (Fsp3) is 0.636. The number of halogens is 1. The lowest BCUT2D eigenvalue weighted by atomic mass is 10.1. The maximum absolute atomic E-state index is 12.9. The van der Waals surface area contributed by atoms with E-state index in [2.05, 4.69) is 42.8 Å². The Morgan fingerprint density at radius 3 is 1.90 bits per heavy atom. The first-order valence-electron chi connectivity index (χ1n) is 10.5. The third kappa shape index (κ3) is 8.50. The molecule has 1 aromatic rings. The van der Waals surface area contributed by atoms with Crippen LogP contribution in [0.3, 0.4) is 0 Å². The fourth-order valence-corrected chi connectivity index (χ4v) is 3.49. The number of carbonyl (C=O) groups is 2. The van der Waals surface area contributed by atoms with E-state index < -0.39 is 0 Å². The number of carbonyl (C=O) groups excluding carboxylic acids is 2. The van der Waals surface area contributed by atoms with Gasteiger partial charge in [-0.2, -0.15) is 0 Å². The summed E-state index contributed by atoms with van der Waals surface area (Å²) in [6.07, 6.45) is 0. The van der Waals surface area contributed by atoms with Gasteiger partial charge < -0.3 is 10.2 Å². The molecule has 0 atom stereocenters. The second-order valence-electron chi connectivity index (χ2n) is 8.69. The van der Waals surface area contributed by atoms with Gasteiger partial charge in [-0.3, -0.25) is 19.4 Å². The molecule has 0 aliphatic carbocycles. The number of hydrogen-bond donors (Lipinski definition) is 1. The lowest BCUT2D eigenvalue weighted by molar-refractivity contribution is -0.134. The van der Waals surface area contributed by atoms with E-state index in [1.165, 1.54) is 12.1 Å². The van der Waals surface area contributed by atoms with Crippen LogP contribution in [-0.2, 0) is 9.59 Å². The van der Waals surface area contributed by atoms with Gasteiger partial charge in [-0.15, -0.1) is 0 Å². The van der Waals surface area contributed by atoms with Gasteiger partial charge >= 0.3 is 0 Å². The van der Waals surface area contributed by atoms with Crippen LogP contribution in [0.4, 0.5) is 10.1 Å². The molecule has 0 aromatic heterocycles. The van der Waals surface area contributed by atoms with Crippen molar-refractivity contribution in [3.63, 3.8) is 0 Å². The molecule has 0 unspecified atom stereocenters. The number of nitrogens with zero attached hydrogens (tertiary/aromatic N) is 3. The van der Waals surface area contributed by atoms with E-state index in [9.17, 15) is 14.0 Å². The minimum atomic E-state index is -0.325. The molecular weight excluding hydrogens is 371 g/mol. The van der Waals surface area contributed by atoms with Crippen LogP contribution in [0, 0.1) is 17.7 Å².